The third kappa shape index (κ3) is 2.88. The van der Waals surface area contributed by atoms with E-state index in [1.165, 1.54) is 10.7 Å². The molecule has 0 unspecified atom stereocenters. The lowest BCUT2D eigenvalue weighted by Crippen LogP contribution is -2.43. The van der Waals surface area contributed by atoms with Gasteiger partial charge in [-0.05, 0) is 37.8 Å². The van der Waals surface area contributed by atoms with E-state index in [9.17, 15) is 14.7 Å². The van der Waals surface area contributed by atoms with E-state index in [2.05, 4.69) is 20.4 Å². The highest BCUT2D eigenvalue weighted by molar-refractivity contribution is 5.94. The molecular formula is C18H19N5O3. The zero-order valence-electron chi connectivity index (χ0n) is 14.2. The Balaban J connectivity index is 1.64. The molecule has 0 bridgehead atoms. The van der Waals surface area contributed by atoms with Crippen molar-refractivity contribution in [2.45, 2.75) is 31.9 Å². The Hall–Kier alpha value is -3.00. The summed E-state index contributed by atoms with van der Waals surface area (Å²) in [6.45, 7) is 1.81. The molecule has 8 heteroatoms. The van der Waals surface area contributed by atoms with E-state index >= 15 is 0 Å². The molecule has 0 aliphatic heterocycles. The largest absolute Gasteiger partial charge is 0.393 e. The Morgan fingerprint density at radius 1 is 1.38 bits per heavy atom. The number of hydrogen-bond acceptors (Lipinski definition) is 5. The van der Waals surface area contributed by atoms with Crippen LogP contribution in [0.5, 0.6) is 0 Å². The first-order valence-electron chi connectivity index (χ1n) is 8.50. The van der Waals surface area contributed by atoms with E-state index in [0.717, 1.165) is 5.69 Å². The van der Waals surface area contributed by atoms with Gasteiger partial charge in [-0.2, -0.15) is 0 Å². The van der Waals surface area contributed by atoms with Gasteiger partial charge in [0.15, 0.2) is 5.65 Å². The maximum absolute atomic E-state index is 12.8. The van der Waals surface area contributed by atoms with Gasteiger partial charge < -0.3 is 10.4 Å². The van der Waals surface area contributed by atoms with Crippen LogP contribution in [0.2, 0.25) is 0 Å². The number of nitrogens with one attached hydrogen (secondary N) is 2. The summed E-state index contributed by atoms with van der Waals surface area (Å²) in [4.78, 5) is 33.8. The third-order valence-corrected chi connectivity index (χ3v) is 4.78. The monoisotopic (exact) mass is 353 g/mol. The molecule has 1 aliphatic carbocycles. The molecule has 3 N–H and O–H groups in total. The smallest absolute Gasteiger partial charge is 0.285 e. The standard InChI is InChI=1S/C18H19N5O3/c1-10-6-15-20-9-13(18(26)23(15)22-10)17(25)21-16(11-7-12(24)8-11)14-4-2-3-5-19-14/h2-6,9,11-12,16,22,24H,7-8H2,1H3,(H,21,25)/t11?,12?,16-/m0/s1. The first kappa shape index (κ1) is 16.5. The number of aliphatic hydroxyl groups is 1. The Morgan fingerprint density at radius 2 is 2.19 bits per heavy atom. The molecule has 26 heavy (non-hydrogen) atoms. The Bertz CT molecular complexity index is 1000. The molecule has 134 valence electrons. The molecule has 1 amide bonds. The first-order chi connectivity index (χ1) is 12.5. The van der Waals surface area contributed by atoms with E-state index in [0.29, 0.717) is 24.2 Å². The van der Waals surface area contributed by atoms with Crippen LogP contribution in [0.1, 0.15) is 40.6 Å². The van der Waals surface area contributed by atoms with Gasteiger partial charge in [0.2, 0.25) is 0 Å². The first-order valence-corrected chi connectivity index (χ1v) is 8.50. The van der Waals surface area contributed by atoms with Gasteiger partial charge in [0.05, 0.1) is 17.8 Å². The van der Waals surface area contributed by atoms with Gasteiger partial charge >= 0.3 is 0 Å². The van der Waals surface area contributed by atoms with Gasteiger partial charge in [0.25, 0.3) is 11.5 Å². The topological polar surface area (TPSA) is 112 Å². The summed E-state index contributed by atoms with van der Waals surface area (Å²) in [6.07, 6.45) is 3.79. The Kier molecular flexibility index (Phi) is 4.04. The number of aromatic amines is 1. The van der Waals surface area contributed by atoms with Crippen molar-refractivity contribution < 1.29 is 9.90 Å². The van der Waals surface area contributed by atoms with Crippen LogP contribution < -0.4 is 10.9 Å². The number of nitrogens with zero attached hydrogens (tertiary/aromatic N) is 3. The van der Waals surface area contributed by atoms with Gasteiger partial charge in [-0.3, -0.25) is 19.7 Å². The number of H-pyrrole nitrogens is 1. The average molecular weight is 353 g/mol. The van der Waals surface area contributed by atoms with Crippen LogP contribution in [0.3, 0.4) is 0 Å². The van der Waals surface area contributed by atoms with Crippen LogP contribution >= 0.6 is 0 Å². The van der Waals surface area contributed by atoms with Crippen molar-refractivity contribution in [3.05, 3.63) is 64.0 Å². The molecule has 1 saturated carbocycles. The molecule has 3 heterocycles. The molecule has 0 saturated heterocycles. The minimum absolute atomic E-state index is 0.0369. The normalized spacial score (nSPS) is 20.5. The summed E-state index contributed by atoms with van der Waals surface area (Å²) in [6, 6.07) is 6.85. The second-order valence-corrected chi connectivity index (χ2v) is 6.70. The highest BCUT2D eigenvalue weighted by Crippen LogP contribution is 2.37. The number of pyridine rings is 1. The van der Waals surface area contributed by atoms with E-state index < -0.39 is 11.5 Å². The van der Waals surface area contributed by atoms with Crippen LogP contribution in [0.4, 0.5) is 0 Å². The molecular weight excluding hydrogens is 334 g/mol. The third-order valence-electron chi connectivity index (χ3n) is 4.78. The van der Waals surface area contributed by atoms with Gasteiger partial charge in [-0.15, -0.1) is 0 Å². The SMILES string of the molecule is Cc1cc2ncc(C(=O)N[C@H](c3ccccn3)C3CC(O)C3)c(=O)n2[nH]1. The van der Waals surface area contributed by atoms with Crippen molar-refractivity contribution in [1.29, 1.82) is 0 Å². The van der Waals surface area contributed by atoms with Gasteiger partial charge in [0, 0.05) is 24.2 Å². The molecule has 1 aliphatic rings. The van der Waals surface area contributed by atoms with Crippen LogP contribution in [0.25, 0.3) is 5.65 Å². The maximum atomic E-state index is 12.8. The molecule has 1 atom stereocenters. The highest BCUT2D eigenvalue weighted by Gasteiger charge is 2.36. The number of aromatic nitrogens is 4. The molecule has 4 rings (SSSR count). The minimum atomic E-state index is -0.499. The number of aryl methyl sites for hydroxylation is 1. The van der Waals surface area contributed by atoms with E-state index in [1.807, 2.05) is 19.1 Å². The van der Waals surface area contributed by atoms with E-state index in [4.69, 9.17) is 0 Å². The molecule has 1 fully saturated rings. The second-order valence-electron chi connectivity index (χ2n) is 6.70. The lowest BCUT2D eigenvalue weighted by Gasteiger charge is -2.37. The van der Waals surface area contributed by atoms with Crippen molar-refractivity contribution in [2.24, 2.45) is 5.92 Å². The second kappa shape index (κ2) is 6.38. The predicted octanol–water partition coefficient (Wildman–Crippen LogP) is 0.968. The number of carbonyl (C=O) groups is 1. The molecule has 3 aromatic rings. The predicted molar refractivity (Wildman–Crippen MR) is 93.7 cm³/mol. The minimum Gasteiger partial charge on any atom is -0.393 e. The summed E-state index contributed by atoms with van der Waals surface area (Å²) in [5.74, 6) is -0.419. The van der Waals surface area contributed by atoms with Crippen molar-refractivity contribution in [3.63, 3.8) is 0 Å². The van der Waals surface area contributed by atoms with Gasteiger partial charge in [0.1, 0.15) is 5.56 Å². The zero-order valence-corrected chi connectivity index (χ0v) is 14.2. The van der Waals surface area contributed by atoms with Gasteiger partial charge in [-0.25, -0.2) is 9.50 Å². The molecule has 3 aromatic heterocycles. The fourth-order valence-corrected chi connectivity index (χ4v) is 3.35. The summed E-state index contributed by atoms with van der Waals surface area (Å²) >= 11 is 0. The highest BCUT2D eigenvalue weighted by atomic mass is 16.3. The molecule has 0 spiro atoms. The quantitative estimate of drug-likeness (QED) is 0.647. The average Bonchev–Trinajstić information content (AvgIpc) is 2.99. The molecule has 8 nitrogen and oxygen atoms in total. The zero-order chi connectivity index (χ0) is 18.3. The summed E-state index contributed by atoms with van der Waals surface area (Å²) in [5, 5.41) is 15.4. The van der Waals surface area contributed by atoms with Crippen LogP contribution in [-0.4, -0.2) is 36.7 Å². The van der Waals surface area contributed by atoms with Crippen LogP contribution in [-0.2, 0) is 0 Å². The number of amides is 1. The number of carbonyl (C=O) groups excluding carboxylic acids is 1. The summed E-state index contributed by atoms with van der Waals surface area (Å²) in [5.41, 5.74) is 1.47. The fraction of sp³-hybridized carbons (Fsp3) is 0.333. The molecule has 0 radical (unpaired) electrons. The number of rotatable bonds is 4. The Labute approximate surface area is 148 Å². The van der Waals surface area contributed by atoms with Crippen molar-refractivity contribution in [3.8, 4) is 0 Å². The number of aliphatic hydroxyl groups excluding tert-OH is 1. The van der Waals surface area contributed by atoms with Crippen molar-refractivity contribution >= 4 is 11.6 Å². The van der Waals surface area contributed by atoms with Crippen LogP contribution in [0.15, 0.2) is 41.5 Å². The molecule has 0 aromatic carbocycles. The summed E-state index contributed by atoms with van der Waals surface area (Å²) in [7, 11) is 0. The van der Waals surface area contributed by atoms with E-state index in [1.54, 1.807) is 18.3 Å². The lowest BCUT2D eigenvalue weighted by molar-refractivity contribution is 0.0228. The van der Waals surface area contributed by atoms with Crippen LogP contribution in [0, 0.1) is 12.8 Å². The van der Waals surface area contributed by atoms with Gasteiger partial charge in [-0.1, -0.05) is 6.07 Å². The summed E-state index contributed by atoms with van der Waals surface area (Å²) < 4.78 is 1.26. The van der Waals surface area contributed by atoms with Crippen molar-refractivity contribution in [1.82, 2.24) is 24.9 Å². The van der Waals surface area contributed by atoms with Crippen molar-refractivity contribution in [2.75, 3.05) is 0 Å². The number of hydrogen-bond donors (Lipinski definition) is 3. The maximum Gasteiger partial charge on any atom is 0.285 e. The van der Waals surface area contributed by atoms with E-state index in [-0.39, 0.29) is 23.6 Å². The number of fused-ring (bicyclic) bond motifs is 1. The Morgan fingerprint density at radius 3 is 2.88 bits per heavy atom. The fourth-order valence-electron chi connectivity index (χ4n) is 3.35. The lowest BCUT2D eigenvalue weighted by atomic mass is 9.76.